The number of hydrogen-bond acceptors (Lipinski definition) is 3. The molecule has 2 unspecified atom stereocenters. The monoisotopic (exact) mass is 237 g/mol. The van der Waals surface area contributed by atoms with Crippen LogP contribution in [-0.4, -0.2) is 43.5 Å². The van der Waals surface area contributed by atoms with Crippen LogP contribution >= 0.6 is 0 Å². The van der Waals surface area contributed by atoms with Crippen molar-refractivity contribution in [1.29, 1.82) is 0 Å². The quantitative estimate of drug-likeness (QED) is 0.542. The fourth-order valence-electron chi connectivity index (χ4n) is 2.84. The SMILES string of the molecule is CC1(C=O)C=CC(C)(C)C(N2CCOCC2)C1. The zero-order valence-corrected chi connectivity index (χ0v) is 11.1. The predicted octanol–water partition coefficient (Wildman–Crippen LogP) is 1.88. The summed E-state index contributed by atoms with van der Waals surface area (Å²) in [6, 6.07) is 0.437. The lowest BCUT2D eigenvalue weighted by Crippen LogP contribution is -2.53. The highest BCUT2D eigenvalue weighted by molar-refractivity contribution is 5.63. The summed E-state index contributed by atoms with van der Waals surface area (Å²) >= 11 is 0. The molecule has 1 aliphatic carbocycles. The summed E-state index contributed by atoms with van der Waals surface area (Å²) in [6.45, 7) is 10.1. The number of aldehydes is 1. The number of ether oxygens (including phenoxy) is 1. The van der Waals surface area contributed by atoms with Crippen molar-refractivity contribution >= 4 is 6.29 Å². The van der Waals surface area contributed by atoms with Gasteiger partial charge >= 0.3 is 0 Å². The molecule has 2 rings (SSSR count). The van der Waals surface area contributed by atoms with Gasteiger partial charge in [0.25, 0.3) is 0 Å². The molecule has 0 saturated carbocycles. The summed E-state index contributed by atoms with van der Waals surface area (Å²) in [7, 11) is 0. The average Bonchev–Trinajstić information content (AvgIpc) is 2.34. The highest BCUT2D eigenvalue weighted by atomic mass is 16.5. The molecule has 0 radical (unpaired) electrons. The fraction of sp³-hybridized carbons (Fsp3) is 0.786. The minimum atomic E-state index is -0.293. The maximum absolute atomic E-state index is 11.2. The lowest BCUT2D eigenvalue weighted by molar-refractivity contribution is -0.115. The molecule has 0 aromatic heterocycles. The number of carbonyl (C=O) groups is 1. The Hall–Kier alpha value is -0.670. The van der Waals surface area contributed by atoms with Crippen LogP contribution in [0.3, 0.4) is 0 Å². The molecule has 0 aromatic rings. The second kappa shape index (κ2) is 4.54. The van der Waals surface area contributed by atoms with Gasteiger partial charge in [0, 0.05) is 24.5 Å². The number of nitrogens with zero attached hydrogens (tertiary/aromatic N) is 1. The van der Waals surface area contributed by atoms with E-state index >= 15 is 0 Å². The molecule has 0 N–H and O–H groups in total. The van der Waals surface area contributed by atoms with Crippen LogP contribution in [0.1, 0.15) is 27.2 Å². The van der Waals surface area contributed by atoms with E-state index in [2.05, 4.69) is 30.9 Å². The van der Waals surface area contributed by atoms with Crippen molar-refractivity contribution in [2.45, 2.75) is 33.2 Å². The molecular weight excluding hydrogens is 214 g/mol. The number of allylic oxidation sites excluding steroid dienone is 1. The zero-order valence-electron chi connectivity index (χ0n) is 11.1. The van der Waals surface area contributed by atoms with Gasteiger partial charge < -0.3 is 9.53 Å². The lowest BCUT2D eigenvalue weighted by Gasteiger charge is -2.47. The zero-order chi connectivity index (χ0) is 12.5. The van der Waals surface area contributed by atoms with Gasteiger partial charge in [-0.25, -0.2) is 0 Å². The van der Waals surface area contributed by atoms with Gasteiger partial charge in [-0.2, -0.15) is 0 Å². The minimum absolute atomic E-state index is 0.139. The van der Waals surface area contributed by atoms with Crippen molar-refractivity contribution in [1.82, 2.24) is 4.90 Å². The summed E-state index contributed by atoms with van der Waals surface area (Å²) < 4.78 is 5.41. The Morgan fingerprint density at radius 1 is 1.24 bits per heavy atom. The normalized spacial score (nSPS) is 37.9. The van der Waals surface area contributed by atoms with Gasteiger partial charge in [0.1, 0.15) is 6.29 Å². The summed E-state index contributed by atoms with van der Waals surface area (Å²) in [5.41, 5.74) is -0.154. The van der Waals surface area contributed by atoms with Crippen molar-refractivity contribution < 1.29 is 9.53 Å². The van der Waals surface area contributed by atoms with E-state index in [0.717, 1.165) is 39.0 Å². The van der Waals surface area contributed by atoms with E-state index in [-0.39, 0.29) is 10.8 Å². The highest BCUT2D eigenvalue weighted by Crippen LogP contribution is 2.41. The van der Waals surface area contributed by atoms with Crippen LogP contribution in [0.15, 0.2) is 12.2 Å². The van der Waals surface area contributed by atoms with E-state index in [0.29, 0.717) is 6.04 Å². The third kappa shape index (κ3) is 2.61. The average molecular weight is 237 g/mol. The third-order valence-electron chi connectivity index (χ3n) is 4.14. The van der Waals surface area contributed by atoms with Crippen molar-refractivity contribution in [3.8, 4) is 0 Å². The van der Waals surface area contributed by atoms with E-state index in [1.165, 1.54) is 0 Å². The smallest absolute Gasteiger partial charge is 0.129 e. The molecule has 0 aromatic carbocycles. The van der Waals surface area contributed by atoms with E-state index in [9.17, 15) is 4.79 Å². The molecule has 1 fully saturated rings. The Balaban J connectivity index is 2.19. The number of rotatable bonds is 2. The number of morpholine rings is 1. The van der Waals surface area contributed by atoms with Crippen LogP contribution in [0.4, 0.5) is 0 Å². The van der Waals surface area contributed by atoms with Gasteiger partial charge in [0.05, 0.1) is 13.2 Å². The summed E-state index contributed by atoms with van der Waals surface area (Å²) in [5, 5.41) is 0. The van der Waals surface area contributed by atoms with Crippen molar-refractivity contribution in [2.24, 2.45) is 10.8 Å². The molecule has 3 heteroatoms. The Labute approximate surface area is 104 Å². The van der Waals surface area contributed by atoms with Gasteiger partial charge in [0.2, 0.25) is 0 Å². The molecule has 0 amide bonds. The molecule has 3 nitrogen and oxygen atoms in total. The molecule has 1 heterocycles. The maximum atomic E-state index is 11.2. The molecule has 1 saturated heterocycles. The van der Waals surface area contributed by atoms with Crippen LogP contribution in [-0.2, 0) is 9.53 Å². The topological polar surface area (TPSA) is 29.5 Å². The summed E-state index contributed by atoms with van der Waals surface area (Å²) in [4.78, 5) is 13.7. The van der Waals surface area contributed by atoms with Crippen LogP contribution < -0.4 is 0 Å². The second-order valence-electron chi connectivity index (χ2n) is 6.15. The van der Waals surface area contributed by atoms with Gasteiger partial charge in [-0.3, -0.25) is 4.90 Å². The van der Waals surface area contributed by atoms with Crippen LogP contribution in [0, 0.1) is 10.8 Å². The lowest BCUT2D eigenvalue weighted by atomic mass is 9.68. The first-order valence-electron chi connectivity index (χ1n) is 6.45. The minimum Gasteiger partial charge on any atom is -0.379 e. The van der Waals surface area contributed by atoms with Crippen molar-refractivity contribution in [3.63, 3.8) is 0 Å². The largest absolute Gasteiger partial charge is 0.379 e. The van der Waals surface area contributed by atoms with E-state index in [1.54, 1.807) is 0 Å². The Bertz CT molecular complexity index is 318. The van der Waals surface area contributed by atoms with Gasteiger partial charge in [-0.15, -0.1) is 0 Å². The van der Waals surface area contributed by atoms with Gasteiger partial charge in [-0.1, -0.05) is 26.0 Å². The number of carbonyl (C=O) groups excluding carboxylic acids is 1. The van der Waals surface area contributed by atoms with Crippen LogP contribution in [0.5, 0.6) is 0 Å². The number of hydrogen-bond donors (Lipinski definition) is 0. The highest BCUT2D eigenvalue weighted by Gasteiger charge is 2.41. The second-order valence-corrected chi connectivity index (χ2v) is 6.15. The third-order valence-corrected chi connectivity index (χ3v) is 4.14. The standard InChI is InChI=1S/C14H23NO2/c1-13(2)4-5-14(3,11-16)10-12(13)15-6-8-17-9-7-15/h4-5,11-12H,6-10H2,1-3H3. The van der Waals surface area contributed by atoms with Crippen LogP contribution in [0.2, 0.25) is 0 Å². The summed E-state index contributed by atoms with van der Waals surface area (Å²) in [6.07, 6.45) is 6.30. The first-order chi connectivity index (χ1) is 7.97. The fourth-order valence-corrected chi connectivity index (χ4v) is 2.84. The molecule has 1 aliphatic heterocycles. The molecule has 2 atom stereocenters. The first-order valence-corrected chi connectivity index (χ1v) is 6.45. The Morgan fingerprint density at radius 3 is 2.47 bits per heavy atom. The molecular formula is C14H23NO2. The van der Waals surface area contributed by atoms with Crippen molar-refractivity contribution in [2.75, 3.05) is 26.3 Å². The Morgan fingerprint density at radius 2 is 1.88 bits per heavy atom. The predicted molar refractivity (Wildman–Crippen MR) is 67.9 cm³/mol. The maximum Gasteiger partial charge on any atom is 0.129 e. The molecule has 0 spiro atoms. The summed E-state index contributed by atoms with van der Waals surface area (Å²) in [5.74, 6) is 0. The molecule has 0 bridgehead atoms. The van der Waals surface area contributed by atoms with E-state index < -0.39 is 0 Å². The van der Waals surface area contributed by atoms with Crippen LogP contribution in [0.25, 0.3) is 0 Å². The van der Waals surface area contributed by atoms with E-state index in [1.807, 2.05) is 6.92 Å². The van der Waals surface area contributed by atoms with Gasteiger partial charge in [-0.05, 0) is 18.8 Å². The van der Waals surface area contributed by atoms with Gasteiger partial charge in [0.15, 0.2) is 0 Å². The van der Waals surface area contributed by atoms with Crippen molar-refractivity contribution in [3.05, 3.63) is 12.2 Å². The Kier molecular flexibility index (Phi) is 3.41. The molecule has 2 aliphatic rings. The molecule has 17 heavy (non-hydrogen) atoms. The van der Waals surface area contributed by atoms with E-state index in [4.69, 9.17) is 4.74 Å². The molecule has 96 valence electrons. The first kappa shape index (κ1) is 12.8.